The van der Waals surface area contributed by atoms with Crippen molar-refractivity contribution in [3.63, 3.8) is 0 Å². The number of carbonyl (C=O) groups is 1. The highest BCUT2D eigenvalue weighted by molar-refractivity contribution is 7.09. The molecule has 1 aromatic heterocycles. The lowest BCUT2D eigenvalue weighted by Gasteiger charge is -2.30. The van der Waals surface area contributed by atoms with Crippen molar-refractivity contribution < 1.29 is 4.79 Å². The third kappa shape index (κ3) is 5.33. The van der Waals surface area contributed by atoms with Crippen molar-refractivity contribution in [1.82, 2.24) is 15.1 Å². The van der Waals surface area contributed by atoms with Crippen molar-refractivity contribution in [2.75, 3.05) is 40.3 Å². The number of nitrogens with zero attached hydrogens (tertiary/aromatic N) is 3. The number of likely N-dealkylation sites (N-methyl/N-ethyl adjacent to an activating group) is 1. The minimum Gasteiger partial charge on any atom is -0.356 e. The van der Waals surface area contributed by atoms with E-state index >= 15 is 0 Å². The summed E-state index contributed by atoms with van der Waals surface area (Å²) >= 11 is 1.78. The Balaban J connectivity index is 1.91. The molecule has 0 radical (unpaired) electrons. The summed E-state index contributed by atoms with van der Waals surface area (Å²) in [5.41, 5.74) is 0. The molecule has 2 heterocycles. The van der Waals surface area contributed by atoms with E-state index in [1.807, 2.05) is 0 Å². The Kier molecular flexibility index (Phi) is 6.71. The van der Waals surface area contributed by atoms with E-state index in [9.17, 15) is 4.79 Å². The lowest BCUT2D eigenvalue weighted by Crippen LogP contribution is -2.45. The molecule has 0 atom stereocenters. The molecule has 1 aliphatic rings. The molecule has 0 aromatic carbocycles. The van der Waals surface area contributed by atoms with Gasteiger partial charge in [-0.2, -0.15) is 0 Å². The number of amides is 1. The number of nitrogens with one attached hydrogen (secondary N) is 1. The van der Waals surface area contributed by atoms with Gasteiger partial charge in [-0.25, -0.2) is 4.99 Å². The van der Waals surface area contributed by atoms with Crippen LogP contribution in [0.4, 0.5) is 0 Å². The van der Waals surface area contributed by atoms with Crippen molar-refractivity contribution >= 4 is 23.2 Å². The van der Waals surface area contributed by atoms with Gasteiger partial charge in [-0.1, -0.05) is 6.07 Å². The molecule has 0 saturated carbocycles. The maximum atomic E-state index is 11.8. The molecule has 0 aliphatic carbocycles. The highest BCUT2D eigenvalue weighted by Crippen LogP contribution is 2.10. The second kappa shape index (κ2) is 8.78. The van der Waals surface area contributed by atoms with Crippen LogP contribution in [0.15, 0.2) is 22.5 Å². The number of carbonyl (C=O) groups excluding carboxylic acids is 1. The predicted octanol–water partition coefficient (Wildman–Crippen LogP) is 1.81. The van der Waals surface area contributed by atoms with Gasteiger partial charge in [0.1, 0.15) is 6.54 Å². The molecule has 22 heavy (non-hydrogen) atoms. The average molecular weight is 322 g/mol. The third-order valence-electron chi connectivity index (χ3n) is 3.75. The zero-order chi connectivity index (χ0) is 15.8. The number of hydrogen-bond acceptors (Lipinski definition) is 3. The molecule has 122 valence electrons. The molecular weight excluding hydrogens is 296 g/mol. The fraction of sp³-hybridized carbons (Fsp3) is 0.625. The first-order chi connectivity index (χ1) is 10.7. The van der Waals surface area contributed by atoms with Crippen molar-refractivity contribution in [2.45, 2.75) is 25.7 Å². The van der Waals surface area contributed by atoms with Crippen LogP contribution in [0.25, 0.3) is 0 Å². The summed E-state index contributed by atoms with van der Waals surface area (Å²) in [7, 11) is 3.53. The molecular formula is C16H26N4OS. The van der Waals surface area contributed by atoms with E-state index in [4.69, 9.17) is 0 Å². The van der Waals surface area contributed by atoms with Crippen LogP contribution >= 0.6 is 11.3 Å². The van der Waals surface area contributed by atoms with E-state index in [-0.39, 0.29) is 12.5 Å². The zero-order valence-corrected chi connectivity index (χ0v) is 14.4. The SMILES string of the molecule is CN(C)C(=O)CN=C(NCCc1cccs1)N1CCCCC1. The Labute approximate surface area is 137 Å². The van der Waals surface area contributed by atoms with E-state index in [1.54, 1.807) is 30.3 Å². The number of rotatable bonds is 5. The molecule has 1 N–H and O–H groups in total. The van der Waals surface area contributed by atoms with Gasteiger partial charge in [-0.3, -0.25) is 4.79 Å². The van der Waals surface area contributed by atoms with Gasteiger partial charge < -0.3 is 15.1 Å². The first-order valence-corrected chi connectivity index (χ1v) is 8.80. The molecule has 6 heteroatoms. The van der Waals surface area contributed by atoms with Crippen LogP contribution in [0.1, 0.15) is 24.1 Å². The largest absolute Gasteiger partial charge is 0.356 e. The molecule has 1 saturated heterocycles. The average Bonchev–Trinajstić information content (AvgIpc) is 3.04. The summed E-state index contributed by atoms with van der Waals surface area (Å²) in [6, 6.07) is 4.23. The van der Waals surface area contributed by atoms with E-state index in [2.05, 4.69) is 32.7 Å². The Bertz CT molecular complexity index is 478. The fourth-order valence-electron chi connectivity index (χ4n) is 2.41. The minimum absolute atomic E-state index is 0.0366. The van der Waals surface area contributed by atoms with Crippen LogP contribution in [0.3, 0.4) is 0 Å². The van der Waals surface area contributed by atoms with Gasteiger partial charge in [0, 0.05) is 38.6 Å². The van der Waals surface area contributed by atoms with Crippen LogP contribution in [-0.4, -0.2) is 61.9 Å². The van der Waals surface area contributed by atoms with Crippen LogP contribution < -0.4 is 5.32 Å². The van der Waals surface area contributed by atoms with E-state index < -0.39 is 0 Å². The van der Waals surface area contributed by atoms with Crippen molar-refractivity contribution in [2.24, 2.45) is 4.99 Å². The van der Waals surface area contributed by atoms with Crippen LogP contribution in [0, 0.1) is 0 Å². The Hall–Kier alpha value is -1.56. The first-order valence-electron chi connectivity index (χ1n) is 7.92. The maximum absolute atomic E-state index is 11.8. The standard InChI is InChI=1S/C16H26N4OS/c1-19(2)15(21)13-18-16(20-10-4-3-5-11-20)17-9-8-14-7-6-12-22-14/h6-7,12H,3-5,8-11,13H2,1-2H3,(H,17,18). The van der Waals surface area contributed by atoms with Crippen molar-refractivity contribution in [3.05, 3.63) is 22.4 Å². The Morgan fingerprint density at radius 2 is 2.14 bits per heavy atom. The molecule has 5 nitrogen and oxygen atoms in total. The summed E-state index contributed by atoms with van der Waals surface area (Å²) in [4.78, 5) is 21.5. The summed E-state index contributed by atoms with van der Waals surface area (Å²) in [6.07, 6.45) is 4.68. The third-order valence-corrected chi connectivity index (χ3v) is 4.69. The van der Waals surface area contributed by atoms with Gasteiger partial charge in [-0.05, 0) is 37.1 Å². The van der Waals surface area contributed by atoms with Gasteiger partial charge in [-0.15, -0.1) is 11.3 Å². The van der Waals surface area contributed by atoms with Gasteiger partial charge >= 0.3 is 0 Å². The van der Waals surface area contributed by atoms with Crippen LogP contribution in [0.5, 0.6) is 0 Å². The molecule has 0 spiro atoms. The molecule has 1 aliphatic heterocycles. The molecule has 2 rings (SSSR count). The van der Waals surface area contributed by atoms with Gasteiger partial charge in [0.05, 0.1) is 0 Å². The monoisotopic (exact) mass is 322 g/mol. The number of guanidine groups is 1. The smallest absolute Gasteiger partial charge is 0.243 e. The fourth-order valence-corrected chi connectivity index (χ4v) is 3.12. The van der Waals surface area contributed by atoms with Crippen molar-refractivity contribution in [1.29, 1.82) is 0 Å². The number of likely N-dealkylation sites (tertiary alicyclic amines) is 1. The number of hydrogen-bond donors (Lipinski definition) is 1. The Morgan fingerprint density at radius 1 is 1.36 bits per heavy atom. The number of piperidine rings is 1. The van der Waals surface area contributed by atoms with Gasteiger partial charge in [0.2, 0.25) is 5.91 Å². The summed E-state index contributed by atoms with van der Waals surface area (Å²) in [6.45, 7) is 3.12. The minimum atomic E-state index is 0.0366. The summed E-state index contributed by atoms with van der Waals surface area (Å²) < 4.78 is 0. The second-order valence-electron chi connectivity index (χ2n) is 5.73. The van der Waals surface area contributed by atoms with E-state index in [1.165, 1.54) is 24.1 Å². The quantitative estimate of drug-likeness (QED) is 0.664. The Morgan fingerprint density at radius 3 is 2.77 bits per heavy atom. The lowest BCUT2D eigenvalue weighted by atomic mass is 10.1. The molecule has 1 amide bonds. The topological polar surface area (TPSA) is 47.9 Å². The molecule has 0 unspecified atom stereocenters. The lowest BCUT2D eigenvalue weighted by molar-refractivity contribution is -0.127. The number of thiophene rings is 1. The highest BCUT2D eigenvalue weighted by atomic mass is 32.1. The zero-order valence-electron chi connectivity index (χ0n) is 13.5. The van der Waals surface area contributed by atoms with Gasteiger partial charge in [0.15, 0.2) is 5.96 Å². The first kappa shape index (κ1) is 16.8. The second-order valence-corrected chi connectivity index (χ2v) is 6.76. The molecule has 0 bridgehead atoms. The highest BCUT2D eigenvalue weighted by Gasteiger charge is 2.15. The molecule has 1 aromatic rings. The van der Waals surface area contributed by atoms with Crippen LogP contribution in [0.2, 0.25) is 0 Å². The predicted molar refractivity (Wildman–Crippen MR) is 92.4 cm³/mol. The van der Waals surface area contributed by atoms with Crippen molar-refractivity contribution in [3.8, 4) is 0 Å². The van der Waals surface area contributed by atoms with Gasteiger partial charge in [0.25, 0.3) is 0 Å². The van der Waals surface area contributed by atoms with E-state index in [0.29, 0.717) is 0 Å². The summed E-state index contributed by atoms with van der Waals surface area (Å²) in [5.74, 6) is 0.918. The normalized spacial score (nSPS) is 15.7. The maximum Gasteiger partial charge on any atom is 0.243 e. The van der Waals surface area contributed by atoms with E-state index in [0.717, 1.165) is 32.0 Å². The number of aliphatic imine (C=N–C) groups is 1. The van der Waals surface area contributed by atoms with Crippen LogP contribution in [-0.2, 0) is 11.2 Å². The molecule has 1 fully saturated rings. The summed E-state index contributed by atoms with van der Waals surface area (Å²) in [5, 5.41) is 5.54.